The number of nitrogens with zero attached hydrogens (tertiary/aromatic N) is 5. The van der Waals surface area contributed by atoms with E-state index in [0.717, 1.165) is 22.5 Å². The van der Waals surface area contributed by atoms with E-state index in [4.69, 9.17) is 9.26 Å². The van der Waals surface area contributed by atoms with Crippen molar-refractivity contribution in [3.8, 4) is 34.4 Å². The van der Waals surface area contributed by atoms with Gasteiger partial charge in [0.2, 0.25) is 5.82 Å². The van der Waals surface area contributed by atoms with Crippen LogP contribution in [-0.4, -0.2) is 32.2 Å². The normalized spacial score (nSPS) is 10.9. The van der Waals surface area contributed by atoms with Gasteiger partial charge in [0.15, 0.2) is 5.69 Å². The fourth-order valence-electron chi connectivity index (χ4n) is 2.75. The molecule has 0 saturated heterocycles. The molecule has 7 heteroatoms. The van der Waals surface area contributed by atoms with E-state index in [9.17, 15) is 0 Å². The Morgan fingerprint density at radius 3 is 2.62 bits per heavy atom. The van der Waals surface area contributed by atoms with E-state index in [1.807, 2.05) is 62.4 Å². The highest BCUT2D eigenvalue weighted by Gasteiger charge is 2.20. The first-order valence-electron chi connectivity index (χ1n) is 8.14. The van der Waals surface area contributed by atoms with Gasteiger partial charge in [-0.3, -0.25) is 0 Å². The topological polar surface area (TPSA) is 78.9 Å². The standard InChI is InChI=1S/C19H17N5O2/c1-12-9-10-16(25-3)15(11-12)24-13(2)17(21-23-24)19-20-18(22-26-19)14-7-5-4-6-8-14/h4-11H,1-3H3. The van der Waals surface area contributed by atoms with Gasteiger partial charge in [-0.1, -0.05) is 46.8 Å². The summed E-state index contributed by atoms with van der Waals surface area (Å²) in [5.41, 5.74) is 4.13. The molecule has 2 aromatic heterocycles. The van der Waals surface area contributed by atoms with Gasteiger partial charge in [0.1, 0.15) is 11.4 Å². The second kappa shape index (κ2) is 6.44. The third-order valence-electron chi connectivity index (χ3n) is 4.12. The molecule has 7 nitrogen and oxygen atoms in total. The molecule has 0 aliphatic heterocycles. The zero-order valence-electron chi connectivity index (χ0n) is 14.7. The van der Waals surface area contributed by atoms with E-state index in [2.05, 4.69) is 20.5 Å². The van der Waals surface area contributed by atoms with Crippen LogP contribution in [0, 0.1) is 13.8 Å². The Labute approximate surface area is 150 Å². The van der Waals surface area contributed by atoms with Crippen molar-refractivity contribution in [2.45, 2.75) is 13.8 Å². The SMILES string of the molecule is COc1ccc(C)cc1-n1nnc(-c2nc(-c3ccccc3)no2)c1C. The van der Waals surface area contributed by atoms with E-state index in [0.29, 0.717) is 23.2 Å². The maximum atomic E-state index is 5.45. The number of rotatable bonds is 4. The second-order valence-corrected chi connectivity index (χ2v) is 5.90. The molecule has 0 bridgehead atoms. The first-order valence-corrected chi connectivity index (χ1v) is 8.14. The highest BCUT2D eigenvalue weighted by Crippen LogP contribution is 2.28. The molecule has 0 unspecified atom stereocenters. The van der Waals surface area contributed by atoms with Crippen molar-refractivity contribution in [2.24, 2.45) is 0 Å². The molecule has 0 saturated carbocycles. The van der Waals surface area contributed by atoms with Crippen molar-refractivity contribution < 1.29 is 9.26 Å². The maximum absolute atomic E-state index is 5.45. The average Bonchev–Trinajstić information content (AvgIpc) is 3.29. The Hall–Kier alpha value is -3.48. The van der Waals surface area contributed by atoms with Crippen LogP contribution in [0.2, 0.25) is 0 Å². The molecule has 0 radical (unpaired) electrons. The third kappa shape index (κ3) is 2.73. The largest absolute Gasteiger partial charge is 0.494 e. The number of aromatic nitrogens is 5. The van der Waals surface area contributed by atoms with Gasteiger partial charge in [-0.05, 0) is 31.5 Å². The van der Waals surface area contributed by atoms with Crippen LogP contribution in [-0.2, 0) is 0 Å². The highest BCUT2D eigenvalue weighted by molar-refractivity contribution is 5.59. The molecule has 2 heterocycles. The van der Waals surface area contributed by atoms with Crippen LogP contribution < -0.4 is 4.74 Å². The summed E-state index contributed by atoms with van der Waals surface area (Å²) in [5, 5.41) is 12.5. The smallest absolute Gasteiger partial charge is 0.280 e. The number of benzene rings is 2. The minimum Gasteiger partial charge on any atom is -0.494 e. The number of hydrogen-bond acceptors (Lipinski definition) is 6. The van der Waals surface area contributed by atoms with Crippen molar-refractivity contribution in [2.75, 3.05) is 7.11 Å². The van der Waals surface area contributed by atoms with Crippen molar-refractivity contribution in [1.29, 1.82) is 0 Å². The lowest BCUT2D eigenvalue weighted by Crippen LogP contribution is -2.02. The van der Waals surface area contributed by atoms with Crippen LogP contribution in [0.1, 0.15) is 11.3 Å². The van der Waals surface area contributed by atoms with Crippen molar-refractivity contribution in [3.63, 3.8) is 0 Å². The summed E-state index contributed by atoms with van der Waals surface area (Å²) >= 11 is 0. The third-order valence-corrected chi connectivity index (χ3v) is 4.12. The zero-order chi connectivity index (χ0) is 18.1. The van der Waals surface area contributed by atoms with Crippen LogP contribution >= 0.6 is 0 Å². The monoisotopic (exact) mass is 347 g/mol. The van der Waals surface area contributed by atoms with Crippen LogP contribution in [0.4, 0.5) is 0 Å². The van der Waals surface area contributed by atoms with E-state index in [-0.39, 0.29) is 0 Å². The summed E-state index contributed by atoms with van der Waals surface area (Å²) in [5.74, 6) is 1.56. The lowest BCUT2D eigenvalue weighted by Gasteiger charge is -2.10. The Balaban J connectivity index is 1.75. The van der Waals surface area contributed by atoms with Gasteiger partial charge in [0.05, 0.1) is 12.8 Å². The zero-order valence-corrected chi connectivity index (χ0v) is 14.7. The molecule has 0 N–H and O–H groups in total. The molecule has 0 fully saturated rings. The highest BCUT2D eigenvalue weighted by atomic mass is 16.5. The molecular weight excluding hydrogens is 330 g/mol. The average molecular weight is 347 g/mol. The van der Waals surface area contributed by atoms with E-state index >= 15 is 0 Å². The Morgan fingerprint density at radius 1 is 1.04 bits per heavy atom. The lowest BCUT2D eigenvalue weighted by atomic mass is 10.2. The second-order valence-electron chi connectivity index (χ2n) is 5.90. The molecule has 0 aliphatic rings. The number of hydrogen-bond donors (Lipinski definition) is 0. The van der Waals surface area contributed by atoms with Crippen LogP contribution in [0.25, 0.3) is 28.7 Å². The van der Waals surface area contributed by atoms with Crippen LogP contribution in [0.15, 0.2) is 53.1 Å². The number of aryl methyl sites for hydroxylation is 1. The van der Waals surface area contributed by atoms with Gasteiger partial charge in [0.25, 0.3) is 5.89 Å². The van der Waals surface area contributed by atoms with Crippen molar-refractivity contribution >= 4 is 0 Å². The first kappa shape index (κ1) is 16.0. The molecule has 0 spiro atoms. The molecule has 2 aromatic carbocycles. The molecule has 0 aliphatic carbocycles. The first-order chi connectivity index (χ1) is 12.7. The van der Waals surface area contributed by atoms with Crippen molar-refractivity contribution in [3.05, 3.63) is 59.8 Å². The van der Waals surface area contributed by atoms with Crippen molar-refractivity contribution in [1.82, 2.24) is 25.1 Å². The van der Waals surface area contributed by atoms with Gasteiger partial charge in [-0.2, -0.15) is 4.98 Å². The predicted octanol–water partition coefficient (Wildman–Crippen LogP) is 3.61. The molecule has 4 rings (SSSR count). The molecule has 4 aromatic rings. The van der Waals surface area contributed by atoms with Gasteiger partial charge in [0, 0.05) is 5.56 Å². The summed E-state index contributed by atoms with van der Waals surface area (Å²) < 4.78 is 12.6. The summed E-state index contributed by atoms with van der Waals surface area (Å²) in [6.07, 6.45) is 0. The quantitative estimate of drug-likeness (QED) is 0.561. The summed E-state index contributed by atoms with van der Waals surface area (Å²) in [4.78, 5) is 4.45. The fraction of sp³-hybridized carbons (Fsp3) is 0.158. The van der Waals surface area contributed by atoms with Crippen LogP contribution in [0.3, 0.4) is 0 Å². The molecule has 130 valence electrons. The van der Waals surface area contributed by atoms with E-state index in [1.165, 1.54) is 0 Å². The number of ether oxygens (including phenoxy) is 1. The summed E-state index contributed by atoms with van der Waals surface area (Å²) in [7, 11) is 1.63. The fourth-order valence-corrected chi connectivity index (χ4v) is 2.75. The Morgan fingerprint density at radius 2 is 1.85 bits per heavy atom. The molecule has 0 atom stereocenters. The summed E-state index contributed by atoms with van der Waals surface area (Å²) in [6, 6.07) is 15.5. The summed E-state index contributed by atoms with van der Waals surface area (Å²) in [6.45, 7) is 3.92. The van der Waals surface area contributed by atoms with E-state index in [1.54, 1.807) is 11.8 Å². The lowest BCUT2D eigenvalue weighted by molar-refractivity contribution is 0.411. The van der Waals surface area contributed by atoms with Gasteiger partial charge in [-0.15, -0.1) is 5.10 Å². The van der Waals surface area contributed by atoms with Crippen LogP contribution in [0.5, 0.6) is 5.75 Å². The maximum Gasteiger partial charge on any atom is 0.280 e. The Kier molecular flexibility index (Phi) is 3.96. The minimum atomic E-state index is 0.333. The predicted molar refractivity (Wildman–Crippen MR) is 96.1 cm³/mol. The molecular formula is C19H17N5O2. The molecule has 0 amide bonds. The number of methoxy groups -OCH3 is 1. The minimum absolute atomic E-state index is 0.333. The van der Waals surface area contributed by atoms with Gasteiger partial charge >= 0.3 is 0 Å². The van der Waals surface area contributed by atoms with Gasteiger partial charge < -0.3 is 9.26 Å². The molecule has 26 heavy (non-hydrogen) atoms. The van der Waals surface area contributed by atoms with E-state index < -0.39 is 0 Å². The Bertz CT molecular complexity index is 1050. The van der Waals surface area contributed by atoms with Gasteiger partial charge in [-0.25, -0.2) is 4.68 Å².